The van der Waals surface area contributed by atoms with Gasteiger partial charge in [-0.3, -0.25) is 4.55 Å². The predicted octanol–water partition coefficient (Wildman–Crippen LogP) is 1.90. The molecule has 0 radical (unpaired) electrons. The molecule has 0 saturated carbocycles. The zero-order valence-corrected chi connectivity index (χ0v) is 9.00. The van der Waals surface area contributed by atoms with Gasteiger partial charge in [0.1, 0.15) is 0 Å². The molecule has 1 unspecified atom stereocenters. The number of benzene rings is 1. The second-order valence-electron chi connectivity index (χ2n) is 3.01. The number of hydrogen-bond acceptors (Lipinski definition) is 2. The lowest BCUT2D eigenvalue weighted by atomic mass is 10.0. The molecule has 0 saturated heterocycles. The zero-order valence-electron chi connectivity index (χ0n) is 7.43. The maximum Gasteiger partial charge on any atom is 0.265 e. The van der Waals surface area contributed by atoms with Crippen LogP contribution in [-0.4, -0.2) is 24.6 Å². The largest absolute Gasteiger partial charge is 0.286 e. The summed E-state index contributed by atoms with van der Waals surface area (Å²) in [6, 6.07) is 9.02. The topological polar surface area (TPSA) is 54.4 Å². The van der Waals surface area contributed by atoms with Gasteiger partial charge in [-0.05, 0) is 5.56 Å². The lowest BCUT2D eigenvalue weighted by Gasteiger charge is -2.11. The fourth-order valence-electron chi connectivity index (χ4n) is 1.21. The van der Waals surface area contributed by atoms with E-state index in [4.69, 9.17) is 16.2 Å². The van der Waals surface area contributed by atoms with Crippen molar-refractivity contribution in [3.05, 3.63) is 35.9 Å². The van der Waals surface area contributed by atoms with E-state index in [0.717, 1.165) is 5.56 Å². The van der Waals surface area contributed by atoms with Gasteiger partial charge in [0.05, 0.1) is 5.75 Å². The van der Waals surface area contributed by atoms with Crippen LogP contribution >= 0.6 is 11.6 Å². The van der Waals surface area contributed by atoms with E-state index in [1.165, 1.54) is 0 Å². The highest BCUT2D eigenvalue weighted by molar-refractivity contribution is 7.85. The lowest BCUT2D eigenvalue weighted by Crippen LogP contribution is -2.14. The Morgan fingerprint density at radius 3 is 2.29 bits per heavy atom. The fraction of sp³-hybridized carbons (Fsp3) is 0.333. The molecule has 1 aromatic rings. The van der Waals surface area contributed by atoms with Gasteiger partial charge in [0.2, 0.25) is 0 Å². The molecule has 0 heterocycles. The quantitative estimate of drug-likeness (QED) is 0.640. The summed E-state index contributed by atoms with van der Waals surface area (Å²) in [6.07, 6.45) is 0. The molecule has 3 nitrogen and oxygen atoms in total. The van der Waals surface area contributed by atoms with E-state index in [1.54, 1.807) is 24.3 Å². The molecule has 0 amide bonds. The third-order valence-electron chi connectivity index (χ3n) is 1.87. The van der Waals surface area contributed by atoms with Crippen LogP contribution in [0.5, 0.6) is 0 Å². The van der Waals surface area contributed by atoms with Crippen LogP contribution in [0.25, 0.3) is 0 Å². The Morgan fingerprint density at radius 2 is 1.86 bits per heavy atom. The highest BCUT2D eigenvalue weighted by atomic mass is 35.5. The number of rotatable bonds is 4. The normalized spacial score (nSPS) is 13.9. The lowest BCUT2D eigenvalue weighted by molar-refractivity contribution is 0.479. The first-order valence-electron chi connectivity index (χ1n) is 4.09. The summed E-state index contributed by atoms with van der Waals surface area (Å²) in [7, 11) is -3.97. The van der Waals surface area contributed by atoms with Crippen LogP contribution in [0, 0.1) is 0 Å². The van der Waals surface area contributed by atoms with E-state index in [-0.39, 0.29) is 17.6 Å². The Morgan fingerprint density at radius 1 is 1.29 bits per heavy atom. The standard InChI is InChI=1S/C9H11ClO3S/c10-6-9(7-14(11,12)13)8-4-2-1-3-5-8/h1-5,9H,6-7H2,(H,11,12,13). The molecule has 0 fully saturated rings. The third-order valence-corrected chi connectivity index (χ3v) is 3.07. The Balaban J connectivity index is 2.84. The van der Waals surface area contributed by atoms with E-state index < -0.39 is 10.1 Å². The maximum absolute atomic E-state index is 10.7. The molecule has 0 aliphatic heterocycles. The van der Waals surface area contributed by atoms with Crippen LogP contribution in [0.3, 0.4) is 0 Å². The van der Waals surface area contributed by atoms with Crippen LogP contribution in [-0.2, 0) is 10.1 Å². The first-order chi connectivity index (χ1) is 6.53. The zero-order chi connectivity index (χ0) is 10.6. The van der Waals surface area contributed by atoms with Gasteiger partial charge in [-0.15, -0.1) is 11.6 Å². The summed E-state index contributed by atoms with van der Waals surface area (Å²) in [6.45, 7) is 0. The third kappa shape index (κ3) is 3.65. The number of halogens is 1. The van der Waals surface area contributed by atoms with E-state index in [0.29, 0.717) is 0 Å². The molecule has 0 aromatic heterocycles. The van der Waals surface area contributed by atoms with Crippen molar-refractivity contribution < 1.29 is 13.0 Å². The van der Waals surface area contributed by atoms with Crippen LogP contribution in [0.2, 0.25) is 0 Å². The van der Waals surface area contributed by atoms with Crippen LogP contribution in [0.1, 0.15) is 11.5 Å². The Labute approximate surface area is 88.5 Å². The SMILES string of the molecule is O=S(=O)(O)CC(CCl)c1ccccc1. The molecule has 0 aliphatic rings. The molecule has 1 rings (SSSR count). The molecular formula is C9H11ClO3S. The summed E-state index contributed by atoms with van der Waals surface area (Å²) in [4.78, 5) is 0. The van der Waals surface area contributed by atoms with Gasteiger partial charge in [-0.25, -0.2) is 0 Å². The van der Waals surface area contributed by atoms with Crippen molar-refractivity contribution in [2.24, 2.45) is 0 Å². The molecule has 78 valence electrons. The highest BCUT2D eigenvalue weighted by Crippen LogP contribution is 2.18. The van der Waals surface area contributed by atoms with Crippen molar-refractivity contribution in [3.8, 4) is 0 Å². The van der Waals surface area contributed by atoms with Gasteiger partial charge in [0, 0.05) is 11.8 Å². The monoisotopic (exact) mass is 234 g/mol. The summed E-state index contributed by atoms with van der Waals surface area (Å²) in [5, 5.41) is 0. The minimum atomic E-state index is -3.97. The van der Waals surface area contributed by atoms with E-state index >= 15 is 0 Å². The second kappa shape index (κ2) is 4.77. The molecule has 0 bridgehead atoms. The van der Waals surface area contributed by atoms with Crippen LogP contribution in [0.15, 0.2) is 30.3 Å². The first kappa shape index (κ1) is 11.5. The van der Waals surface area contributed by atoms with Crippen LogP contribution in [0.4, 0.5) is 0 Å². The minimum Gasteiger partial charge on any atom is -0.286 e. The van der Waals surface area contributed by atoms with Crippen molar-refractivity contribution in [3.63, 3.8) is 0 Å². The van der Waals surface area contributed by atoms with Crippen molar-refractivity contribution in [2.75, 3.05) is 11.6 Å². The smallest absolute Gasteiger partial charge is 0.265 e. The Kier molecular flexibility index (Phi) is 3.92. The van der Waals surface area contributed by atoms with Crippen molar-refractivity contribution in [2.45, 2.75) is 5.92 Å². The van der Waals surface area contributed by atoms with Gasteiger partial charge in [-0.2, -0.15) is 8.42 Å². The highest BCUT2D eigenvalue weighted by Gasteiger charge is 2.17. The molecule has 0 spiro atoms. The van der Waals surface area contributed by atoms with Gasteiger partial charge < -0.3 is 0 Å². The second-order valence-corrected chi connectivity index (χ2v) is 4.82. The summed E-state index contributed by atoms with van der Waals surface area (Å²) < 4.78 is 30.0. The Bertz CT molecular complexity index is 374. The molecule has 1 N–H and O–H groups in total. The minimum absolute atomic E-state index is 0.170. The van der Waals surface area contributed by atoms with Crippen LogP contribution < -0.4 is 0 Å². The van der Waals surface area contributed by atoms with Gasteiger partial charge in [0.25, 0.3) is 10.1 Å². The molecule has 14 heavy (non-hydrogen) atoms. The summed E-state index contributed by atoms with van der Waals surface area (Å²) in [5.41, 5.74) is 0.820. The molecular weight excluding hydrogens is 224 g/mol. The van der Waals surface area contributed by atoms with Crippen molar-refractivity contribution in [1.82, 2.24) is 0 Å². The molecule has 1 aromatic carbocycles. The van der Waals surface area contributed by atoms with E-state index in [1.807, 2.05) is 6.07 Å². The first-order valence-corrected chi connectivity index (χ1v) is 6.23. The summed E-state index contributed by atoms with van der Waals surface area (Å²) in [5.74, 6) is -0.516. The molecule has 1 atom stereocenters. The molecule has 5 heteroatoms. The fourth-order valence-corrected chi connectivity index (χ4v) is 2.44. The average molecular weight is 235 g/mol. The van der Waals surface area contributed by atoms with Crippen molar-refractivity contribution in [1.29, 1.82) is 0 Å². The van der Waals surface area contributed by atoms with Gasteiger partial charge in [0.15, 0.2) is 0 Å². The van der Waals surface area contributed by atoms with E-state index in [2.05, 4.69) is 0 Å². The van der Waals surface area contributed by atoms with Gasteiger partial charge in [-0.1, -0.05) is 30.3 Å². The van der Waals surface area contributed by atoms with Gasteiger partial charge >= 0.3 is 0 Å². The molecule has 0 aliphatic carbocycles. The maximum atomic E-state index is 10.7. The predicted molar refractivity (Wildman–Crippen MR) is 56.3 cm³/mol. The Hall–Kier alpha value is -0.580. The van der Waals surface area contributed by atoms with E-state index in [9.17, 15) is 8.42 Å². The average Bonchev–Trinajstić information content (AvgIpc) is 2.14. The number of alkyl halides is 1. The van der Waals surface area contributed by atoms with Crippen molar-refractivity contribution >= 4 is 21.7 Å². The number of hydrogen-bond donors (Lipinski definition) is 1. The summed E-state index contributed by atoms with van der Waals surface area (Å²) >= 11 is 5.63.